The maximum absolute atomic E-state index is 11.1. The number of carbonyl (C=O) groups excluding carboxylic acids is 2. The molecular weight excluding hydrogens is 288 g/mol. The third-order valence-corrected chi connectivity index (χ3v) is 2.22. The highest BCUT2D eigenvalue weighted by Crippen LogP contribution is 2.08. The summed E-state index contributed by atoms with van der Waals surface area (Å²) in [6.45, 7) is 0. The van der Waals surface area contributed by atoms with Crippen LogP contribution in [0.4, 0.5) is 0 Å². The fourth-order valence-corrected chi connectivity index (χ4v) is 1.40. The molecule has 0 N–H and O–H groups in total. The van der Waals surface area contributed by atoms with Gasteiger partial charge in [-0.1, -0.05) is 0 Å². The molecule has 1 aromatic carbocycles. The van der Waals surface area contributed by atoms with Gasteiger partial charge in [-0.2, -0.15) is 0 Å². The van der Waals surface area contributed by atoms with Gasteiger partial charge in [0.2, 0.25) is 0 Å². The molecule has 0 heterocycles. The molecule has 0 radical (unpaired) electrons. The molecule has 18 heavy (non-hydrogen) atoms. The topological polar surface area (TPSA) is 133 Å². The zero-order chi connectivity index (χ0) is 13.7. The standard InChI is InChI=1S/C8H6O8S2/c9-7(15-17(11)12)5-1-2-6(4-3-5)8(10)16-18(13)14/h1-4H,(H,11,12)(H,13,14)/p-2. The zero-order valence-corrected chi connectivity index (χ0v) is 10.0. The third-order valence-electron chi connectivity index (χ3n) is 1.64. The van der Waals surface area contributed by atoms with Crippen LogP contribution in [0.1, 0.15) is 20.7 Å². The van der Waals surface area contributed by atoms with Crippen LogP contribution < -0.4 is 0 Å². The lowest BCUT2D eigenvalue weighted by Crippen LogP contribution is -2.09. The van der Waals surface area contributed by atoms with Gasteiger partial charge < -0.3 is 17.5 Å². The van der Waals surface area contributed by atoms with Crippen molar-refractivity contribution in [3.8, 4) is 0 Å². The van der Waals surface area contributed by atoms with Gasteiger partial charge in [0.05, 0.1) is 11.1 Å². The molecule has 0 aliphatic heterocycles. The van der Waals surface area contributed by atoms with E-state index in [1.54, 1.807) is 0 Å². The van der Waals surface area contributed by atoms with Crippen molar-refractivity contribution in [3.05, 3.63) is 35.4 Å². The van der Waals surface area contributed by atoms with E-state index >= 15 is 0 Å². The molecule has 8 nitrogen and oxygen atoms in total. The van der Waals surface area contributed by atoms with Gasteiger partial charge in [0.25, 0.3) is 0 Å². The van der Waals surface area contributed by atoms with Crippen molar-refractivity contribution < 1.29 is 35.5 Å². The minimum absolute atomic E-state index is 0.126. The van der Waals surface area contributed by atoms with Crippen molar-refractivity contribution >= 4 is 34.7 Å². The summed E-state index contributed by atoms with van der Waals surface area (Å²) in [5.41, 5.74) is -0.252. The van der Waals surface area contributed by atoms with Gasteiger partial charge >= 0.3 is 11.9 Å². The molecule has 0 aromatic heterocycles. The Balaban J connectivity index is 2.79. The molecule has 98 valence electrons. The summed E-state index contributed by atoms with van der Waals surface area (Å²) in [7, 11) is 0. The molecule has 10 heteroatoms. The second-order valence-electron chi connectivity index (χ2n) is 2.73. The maximum atomic E-state index is 11.1. The van der Waals surface area contributed by atoms with E-state index in [0.717, 1.165) is 24.3 Å². The number of rotatable bonds is 4. The molecule has 0 saturated heterocycles. The summed E-state index contributed by atoms with van der Waals surface area (Å²) in [6, 6.07) is 4.33. The molecule has 0 amide bonds. The summed E-state index contributed by atoms with van der Waals surface area (Å²) >= 11 is -5.98. The van der Waals surface area contributed by atoms with Crippen molar-refractivity contribution in [1.29, 1.82) is 0 Å². The Bertz CT molecular complexity index is 461. The molecule has 0 spiro atoms. The van der Waals surface area contributed by atoms with Gasteiger partial charge in [-0.3, -0.25) is 0 Å². The Labute approximate surface area is 106 Å². The zero-order valence-electron chi connectivity index (χ0n) is 8.39. The van der Waals surface area contributed by atoms with Crippen LogP contribution in [0.2, 0.25) is 0 Å². The van der Waals surface area contributed by atoms with Crippen LogP contribution in [0, 0.1) is 0 Å². The molecule has 0 bridgehead atoms. The first kappa shape index (κ1) is 14.4. The van der Waals surface area contributed by atoms with Gasteiger partial charge in [0.1, 0.15) is 22.7 Å². The van der Waals surface area contributed by atoms with Gasteiger partial charge in [-0.25, -0.2) is 18.0 Å². The molecule has 0 aliphatic rings. The highest BCUT2D eigenvalue weighted by molar-refractivity contribution is 7.74. The van der Waals surface area contributed by atoms with E-state index < -0.39 is 34.7 Å². The highest BCUT2D eigenvalue weighted by Gasteiger charge is 2.11. The van der Waals surface area contributed by atoms with Gasteiger partial charge in [0.15, 0.2) is 0 Å². The van der Waals surface area contributed by atoms with Crippen molar-refractivity contribution in [1.82, 2.24) is 0 Å². The molecule has 1 aromatic rings. The van der Waals surface area contributed by atoms with E-state index in [-0.39, 0.29) is 11.1 Å². The summed E-state index contributed by atoms with van der Waals surface area (Å²) in [4.78, 5) is 22.2. The largest absolute Gasteiger partial charge is 0.740 e. The SMILES string of the molecule is O=C(OS(=O)[O-])c1ccc(C(=O)OS(=O)[O-])cc1. The summed E-state index contributed by atoms with van der Waals surface area (Å²) < 4.78 is 48.1. The fraction of sp³-hybridized carbons (Fsp3) is 0. The molecule has 2 unspecified atom stereocenters. The number of hydrogen-bond donors (Lipinski definition) is 0. The van der Waals surface area contributed by atoms with Crippen molar-refractivity contribution in [3.63, 3.8) is 0 Å². The van der Waals surface area contributed by atoms with E-state index in [9.17, 15) is 27.1 Å². The highest BCUT2D eigenvalue weighted by atomic mass is 32.2. The van der Waals surface area contributed by atoms with E-state index in [0.29, 0.717) is 0 Å². The van der Waals surface area contributed by atoms with Gasteiger partial charge in [0, 0.05) is 0 Å². The Kier molecular flexibility index (Phi) is 5.09. The van der Waals surface area contributed by atoms with E-state index in [4.69, 9.17) is 0 Å². The first-order valence-electron chi connectivity index (χ1n) is 4.14. The van der Waals surface area contributed by atoms with Crippen LogP contribution in [0.15, 0.2) is 24.3 Å². The second-order valence-corrected chi connectivity index (χ2v) is 3.88. The lowest BCUT2D eigenvalue weighted by atomic mass is 10.1. The molecule has 1 rings (SSSR count). The summed E-state index contributed by atoms with van der Waals surface area (Å²) in [6.07, 6.45) is 0. The van der Waals surface area contributed by atoms with Crippen LogP contribution in [0.25, 0.3) is 0 Å². The Morgan fingerprint density at radius 2 is 1.11 bits per heavy atom. The first-order chi connectivity index (χ1) is 8.40. The van der Waals surface area contributed by atoms with Crippen LogP contribution in [0.3, 0.4) is 0 Å². The van der Waals surface area contributed by atoms with Crippen molar-refractivity contribution in [2.45, 2.75) is 0 Å². The fourth-order valence-electron chi connectivity index (χ4n) is 0.962. The Morgan fingerprint density at radius 3 is 1.33 bits per heavy atom. The first-order valence-corrected chi connectivity index (χ1v) is 6.14. The average molecular weight is 292 g/mol. The minimum atomic E-state index is -2.99. The number of hydrogen-bond acceptors (Lipinski definition) is 8. The predicted molar refractivity (Wildman–Crippen MR) is 55.1 cm³/mol. The van der Waals surface area contributed by atoms with Crippen molar-refractivity contribution in [2.24, 2.45) is 0 Å². The van der Waals surface area contributed by atoms with E-state index in [1.807, 2.05) is 0 Å². The van der Waals surface area contributed by atoms with Crippen LogP contribution in [0.5, 0.6) is 0 Å². The second kappa shape index (κ2) is 6.35. The number of carbonyl (C=O) groups is 2. The lowest BCUT2D eigenvalue weighted by molar-refractivity contribution is 0.0725. The summed E-state index contributed by atoms with van der Waals surface area (Å²) in [5.74, 6) is -2.26. The number of benzene rings is 1. The lowest BCUT2D eigenvalue weighted by Gasteiger charge is -2.07. The quantitative estimate of drug-likeness (QED) is 0.684. The normalized spacial score (nSPS) is 13.4. The molecule has 2 atom stereocenters. The molecular formula is C8H4O8S2-2. The van der Waals surface area contributed by atoms with E-state index in [2.05, 4.69) is 8.37 Å². The third kappa shape index (κ3) is 4.33. The molecule has 0 fully saturated rings. The predicted octanol–water partition coefficient (Wildman–Crippen LogP) is -0.412. The average Bonchev–Trinajstić information content (AvgIpc) is 2.27. The maximum Gasteiger partial charge on any atom is 0.351 e. The smallest absolute Gasteiger partial charge is 0.351 e. The Hall–Kier alpha value is -1.62. The minimum Gasteiger partial charge on any atom is -0.740 e. The monoisotopic (exact) mass is 292 g/mol. The summed E-state index contributed by atoms with van der Waals surface area (Å²) in [5, 5.41) is 0. The molecule has 0 aliphatic carbocycles. The van der Waals surface area contributed by atoms with Crippen LogP contribution >= 0.6 is 0 Å². The Morgan fingerprint density at radius 1 is 0.833 bits per heavy atom. The van der Waals surface area contributed by atoms with E-state index in [1.165, 1.54) is 0 Å². The van der Waals surface area contributed by atoms with Crippen LogP contribution in [-0.4, -0.2) is 29.5 Å². The van der Waals surface area contributed by atoms with Crippen LogP contribution in [-0.2, 0) is 31.1 Å². The van der Waals surface area contributed by atoms with Gasteiger partial charge in [-0.15, -0.1) is 0 Å². The molecule has 0 saturated carbocycles. The van der Waals surface area contributed by atoms with Crippen molar-refractivity contribution in [2.75, 3.05) is 0 Å². The van der Waals surface area contributed by atoms with Gasteiger partial charge in [-0.05, 0) is 24.3 Å².